The highest BCUT2D eigenvalue weighted by Gasteiger charge is 2.20. The van der Waals surface area contributed by atoms with E-state index in [9.17, 15) is 13.2 Å². The Balaban J connectivity index is 2.20. The van der Waals surface area contributed by atoms with Crippen molar-refractivity contribution < 1.29 is 13.2 Å². The molecule has 0 radical (unpaired) electrons. The van der Waals surface area contributed by atoms with Crippen LogP contribution in [0.2, 0.25) is 0 Å². The number of carbonyl (C=O) groups excluding carboxylic acids is 1. The summed E-state index contributed by atoms with van der Waals surface area (Å²) in [6.45, 7) is 1.88. The van der Waals surface area contributed by atoms with Gasteiger partial charge in [0.15, 0.2) is 0 Å². The maximum absolute atomic E-state index is 12.4. The first-order valence-electron chi connectivity index (χ1n) is 6.35. The number of rotatable bonds is 4. The third-order valence-electron chi connectivity index (χ3n) is 3.38. The van der Waals surface area contributed by atoms with Gasteiger partial charge in [-0.1, -0.05) is 12.1 Å². The predicted octanol–water partition coefficient (Wildman–Crippen LogP) is 2.99. The summed E-state index contributed by atoms with van der Waals surface area (Å²) in [7, 11) is -1.99. The Bertz CT molecular complexity index is 785. The maximum Gasteiger partial charge on any atom is 0.264 e. The zero-order valence-electron chi connectivity index (χ0n) is 12.0. The largest absolute Gasteiger partial charge is 0.334 e. The van der Waals surface area contributed by atoms with Crippen molar-refractivity contribution in [1.82, 2.24) is 4.90 Å². The Hall–Kier alpha value is -1.22. The van der Waals surface area contributed by atoms with Crippen LogP contribution in [-0.2, 0) is 10.0 Å². The zero-order valence-corrected chi connectivity index (χ0v) is 15.2. The van der Waals surface area contributed by atoms with Crippen molar-refractivity contribution in [2.45, 2.75) is 17.9 Å². The fourth-order valence-corrected chi connectivity index (χ4v) is 3.82. The van der Waals surface area contributed by atoms with E-state index in [4.69, 9.17) is 5.14 Å². The van der Waals surface area contributed by atoms with Crippen LogP contribution in [0.3, 0.4) is 0 Å². The van der Waals surface area contributed by atoms with Crippen LogP contribution < -0.4 is 5.14 Å². The molecule has 0 saturated heterocycles. The summed E-state index contributed by atoms with van der Waals surface area (Å²) < 4.78 is 23.4. The highest BCUT2D eigenvalue weighted by molar-refractivity contribution is 9.11. The molecule has 1 amide bonds. The van der Waals surface area contributed by atoms with Gasteiger partial charge in [-0.2, -0.15) is 0 Å². The van der Waals surface area contributed by atoms with Gasteiger partial charge in [-0.05, 0) is 52.7 Å². The topological polar surface area (TPSA) is 80.5 Å². The second-order valence-corrected chi connectivity index (χ2v) is 8.83. The third-order valence-corrected chi connectivity index (χ3v) is 5.92. The fourth-order valence-electron chi connectivity index (χ4n) is 1.94. The summed E-state index contributed by atoms with van der Waals surface area (Å²) >= 11 is 4.71. The number of primary sulfonamides is 1. The minimum atomic E-state index is -3.71. The molecule has 2 N–H and O–H groups in total. The summed E-state index contributed by atoms with van der Waals surface area (Å²) in [5, 5.41) is 5.07. The van der Waals surface area contributed by atoms with Crippen LogP contribution in [0.4, 0.5) is 0 Å². The number of hydrogen-bond donors (Lipinski definition) is 1. The van der Waals surface area contributed by atoms with Gasteiger partial charge in [0.1, 0.15) is 0 Å². The van der Waals surface area contributed by atoms with E-state index in [0.717, 1.165) is 9.35 Å². The van der Waals surface area contributed by atoms with Gasteiger partial charge in [-0.25, -0.2) is 13.6 Å². The maximum atomic E-state index is 12.4. The molecule has 1 atom stereocenters. The lowest BCUT2D eigenvalue weighted by atomic mass is 10.1. The molecule has 2 rings (SSSR count). The van der Waals surface area contributed by atoms with Crippen LogP contribution in [0.25, 0.3) is 0 Å². The second-order valence-electron chi connectivity index (χ2n) is 4.81. The molecule has 118 valence electrons. The van der Waals surface area contributed by atoms with Crippen molar-refractivity contribution >= 4 is 43.2 Å². The lowest BCUT2D eigenvalue weighted by molar-refractivity contribution is 0.0747. The predicted molar refractivity (Wildman–Crippen MR) is 90.3 cm³/mol. The molecule has 0 fully saturated rings. The van der Waals surface area contributed by atoms with E-state index in [1.807, 2.05) is 13.0 Å². The Labute approximate surface area is 141 Å². The van der Waals surface area contributed by atoms with Crippen molar-refractivity contribution in [3.8, 4) is 0 Å². The highest BCUT2D eigenvalue weighted by Crippen LogP contribution is 2.27. The van der Waals surface area contributed by atoms with E-state index >= 15 is 0 Å². The summed E-state index contributed by atoms with van der Waals surface area (Å²) in [5.41, 5.74) is 0.832. The third kappa shape index (κ3) is 3.75. The first-order chi connectivity index (χ1) is 10.2. The Kier molecular flexibility index (Phi) is 5.06. The van der Waals surface area contributed by atoms with E-state index in [0.29, 0.717) is 4.88 Å². The van der Waals surface area contributed by atoms with E-state index in [2.05, 4.69) is 15.9 Å². The molecule has 0 unspecified atom stereocenters. The summed E-state index contributed by atoms with van der Waals surface area (Å²) in [4.78, 5) is 14.7. The van der Waals surface area contributed by atoms with Crippen LogP contribution in [0.1, 0.15) is 28.2 Å². The molecule has 1 heterocycles. The van der Waals surface area contributed by atoms with Crippen molar-refractivity contribution in [3.05, 3.63) is 50.6 Å². The van der Waals surface area contributed by atoms with Crippen molar-refractivity contribution in [2.24, 2.45) is 5.14 Å². The summed E-state index contributed by atoms with van der Waals surface area (Å²) in [6, 6.07) is 9.63. The number of amides is 1. The van der Waals surface area contributed by atoms with Crippen LogP contribution in [0.15, 0.2) is 45.1 Å². The minimum Gasteiger partial charge on any atom is -0.334 e. The number of thiophene rings is 1. The first kappa shape index (κ1) is 17.1. The molecule has 8 heteroatoms. The van der Waals surface area contributed by atoms with Crippen LogP contribution >= 0.6 is 27.3 Å². The van der Waals surface area contributed by atoms with E-state index in [1.54, 1.807) is 30.1 Å². The molecule has 0 aliphatic rings. The molecule has 5 nitrogen and oxygen atoms in total. The molecule has 0 spiro atoms. The van der Waals surface area contributed by atoms with E-state index in [1.165, 1.54) is 23.5 Å². The van der Waals surface area contributed by atoms with Gasteiger partial charge in [-0.3, -0.25) is 4.79 Å². The standard InChI is InChI=1S/C14H15BrN2O3S2/c1-9(10-3-5-11(6-4-10)22(16,19)20)17(2)14(18)12-7-8-13(15)21-12/h3-9H,1-2H3,(H2,16,19,20)/t9-/m0/s1. The van der Waals surface area contributed by atoms with E-state index < -0.39 is 10.0 Å². The fraction of sp³-hybridized carbons (Fsp3) is 0.214. The van der Waals surface area contributed by atoms with Gasteiger partial charge in [0, 0.05) is 7.05 Å². The van der Waals surface area contributed by atoms with Crippen LogP contribution in [-0.4, -0.2) is 26.3 Å². The van der Waals surface area contributed by atoms with Crippen molar-refractivity contribution in [1.29, 1.82) is 0 Å². The smallest absolute Gasteiger partial charge is 0.264 e. The number of hydrogen-bond acceptors (Lipinski definition) is 4. The zero-order chi connectivity index (χ0) is 16.5. The lowest BCUT2D eigenvalue weighted by Gasteiger charge is -2.25. The molecule has 0 saturated carbocycles. The van der Waals surface area contributed by atoms with Gasteiger partial charge in [0.2, 0.25) is 10.0 Å². The molecule has 0 bridgehead atoms. The normalized spacial score (nSPS) is 12.9. The Morgan fingerprint density at radius 1 is 1.23 bits per heavy atom. The number of halogens is 1. The monoisotopic (exact) mass is 402 g/mol. The minimum absolute atomic E-state index is 0.0552. The molecule has 2 aromatic rings. The van der Waals surface area contributed by atoms with Gasteiger partial charge in [0.05, 0.1) is 19.6 Å². The molecular weight excluding hydrogens is 388 g/mol. The summed E-state index contributed by atoms with van der Waals surface area (Å²) in [5.74, 6) is -0.0845. The van der Waals surface area contributed by atoms with E-state index in [-0.39, 0.29) is 16.8 Å². The molecule has 0 aliphatic heterocycles. The SMILES string of the molecule is C[C@@H](c1ccc(S(N)(=O)=O)cc1)N(C)C(=O)c1ccc(Br)s1. The van der Waals surface area contributed by atoms with Gasteiger partial charge in [0.25, 0.3) is 5.91 Å². The Morgan fingerprint density at radius 3 is 2.27 bits per heavy atom. The molecule has 0 aliphatic carbocycles. The number of nitrogens with two attached hydrogens (primary N) is 1. The molecule has 1 aromatic heterocycles. The average Bonchev–Trinajstić information content (AvgIpc) is 2.90. The lowest BCUT2D eigenvalue weighted by Crippen LogP contribution is -2.29. The number of nitrogens with zero attached hydrogens (tertiary/aromatic N) is 1. The van der Waals surface area contributed by atoms with Gasteiger partial charge in [-0.15, -0.1) is 11.3 Å². The van der Waals surface area contributed by atoms with Gasteiger partial charge < -0.3 is 4.90 Å². The molecular formula is C14H15BrN2O3S2. The molecule has 1 aromatic carbocycles. The quantitative estimate of drug-likeness (QED) is 0.852. The molecule has 22 heavy (non-hydrogen) atoms. The highest BCUT2D eigenvalue weighted by atomic mass is 79.9. The average molecular weight is 403 g/mol. The van der Waals surface area contributed by atoms with Crippen molar-refractivity contribution in [3.63, 3.8) is 0 Å². The van der Waals surface area contributed by atoms with Crippen LogP contribution in [0, 0.1) is 0 Å². The Morgan fingerprint density at radius 2 is 1.82 bits per heavy atom. The number of carbonyl (C=O) groups is 1. The van der Waals surface area contributed by atoms with Crippen molar-refractivity contribution in [2.75, 3.05) is 7.05 Å². The second kappa shape index (κ2) is 6.49. The summed E-state index contributed by atoms with van der Waals surface area (Å²) in [6.07, 6.45) is 0. The number of sulfonamides is 1. The first-order valence-corrected chi connectivity index (χ1v) is 9.51. The number of benzene rings is 1. The van der Waals surface area contributed by atoms with Gasteiger partial charge >= 0.3 is 0 Å². The van der Waals surface area contributed by atoms with Crippen LogP contribution in [0.5, 0.6) is 0 Å².